The van der Waals surface area contributed by atoms with E-state index >= 15 is 0 Å². The van der Waals surface area contributed by atoms with Crippen LogP contribution in [0.1, 0.15) is 22.8 Å². The van der Waals surface area contributed by atoms with Crippen LogP contribution in [0.4, 0.5) is 8.78 Å². The number of piperazine rings is 1. The van der Waals surface area contributed by atoms with E-state index in [9.17, 15) is 17.2 Å². The molecule has 194 valence electrons. The van der Waals surface area contributed by atoms with Gasteiger partial charge in [0, 0.05) is 38.8 Å². The largest absolute Gasteiger partial charge is 0.497 e. The molecular weight excluding hydrogens is 500 g/mol. The Morgan fingerprint density at radius 3 is 2.38 bits per heavy atom. The highest BCUT2D eigenvalue weighted by Crippen LogP contribution is 2.26. The second-order valence-electron chi connectivity index (χ2n) is 8.66. The Bertz CT molecular complexity index is 1370. The first-order chi connectivity index (χ1) is 17.8. The molecule has 0 spiro atoms. The summed E-state index contributed by atoms with van der Waals surface area (Å²) in [7, 11) is -2.49. The van der Waals surface area contributed by atoms with Gasteiger partial charge in [0.1, 0.15) is 22.3 Å². The van der Waals surface area contributed by atoms with Gasteiger partial charge in [-0.05, 0) is 47.5 Å². The molecule has 0 saturated carbocycles. The summed E-state index contributed by atoms with van der Waals surface area (Å²) in [6.07, 6.45) is -0.330. The van der Waals surface area contributed by atoms with E-state index in [0.29, 0.717) is 43.6 Å². The molecule has 0 aliphatic carbocycles. The van der Waals surface area contributed by atoms with Gasteiger partial charge in [0.25, 0.3) is 0 Å². The second kappa shape index (κ2) is 11.8. The molecule has 1 saturated heterocycles. The van der Waals surface area contributed by atoms with Crippen LogP contribution in [0.3, 0.4) is 0 Å². The molecule has 0 unspecified atom stereocenters. The first-order valence-electron chi connectivity index (χ1n) is 11.7. The minimum Gasteiger partial charge on any atom is -0.497 e. The monoisotopic (exact) mass is 527 g/mol. The SMILES string of the molecule is COc1cccc([C@@H](CN2CCN(S(=O)(=O)c3ccc(F)cc3F)CC2)OCc2ccc(C#N)cc2)c1. The number of nitrogens with zero attached hydrogens (tertiary/aromatic N) is 3. The number of ether oxygens (including phenoxy) is 2. The Labute approximate surface area is 215 Å². The molecule has 0 aromatic heterocycles. The van der Waals surface area contributed by atoms with Gasteiger partial charge in [-0.1, -0.05) is 24.3 Å². The molecule has 37 heavy (non-hydrogen) atoms. The Morgan fingerprint density at radius 1 is 1.00 bits per heavy atom. The number of nitriles is 1. The topological polar surface area (TPSA) is 82.9 Å². The fourth-order valence-corrected chi connectivity index (χ4v) is 5.65. The van der Waals surface area contributed by atoms with E-state index < -0.39 is 26.6 Å². The standard InChI is InChI=1S/C27H27F2N3O4S/c1-35-24-4-2-3-22(15-24)26(36-19-21-7-5-20(17-30)6-8-21)18-31-11-13-32(14-12-31)37(33,34)27-10-9-23(28)16-25(27)29/h2-10,15-16,26H,11-14,18-19H2,1H3/t26-/m1/s1. The van der Waals surface area contributed by atoms with Crippen molar-refractivity contribution in [2.45, 2.75) is 17.6 Å². The van der Waals surface area contributed by atoms with Gasteiger partial charge in [-0.15, -0.1) is 0 Å². The number of methoxy groups -OCH3 is 1. The maximum Gasteiger partial charge on any atom is 0.246 e. The summed E-state index contributed by atoms with van der Waals surface area (Å²) < 4.78 is 66.2. The van der Waals surface area contributed by atoms with Crippen LogP contribution >= 0.6 is 0 Å². The Balaban J connectivity index is 1.44. The smallest absolute Gasteiger partial charge is 0.246 e. The Kier molecular flexibility index (Phi) is 8.51. The molecule has 1 atom stereocenters. The lowest BCUT2D eigenvalue weighted by Gasteiger charge is -2.36. The van der Waals surface area contributed by atoms with Crippen LogP contribution in [0.25, 0.3) is 0 Å². The molecule has 10 heteroatoms. The Hall–Kier alpha value is -3.36. The zero-order chi connectivity index (χ0) is 26.4. The van der Waals surface area contributed by atoms with Gasteiger partial charge in [0.2, 0.25) is 10.0 Å². The highest BCUT2D eigenvalue weighted by Gasteiger charge is 2.31. The lowest BCUT2D eigenvalue weighted by atomic mass is 10.1. The number of halogens is 2. The van der Waals surface area contributed by atoms with Gasteiger partial charge < -0.3 is 9.47 Å². The molecule has 0 N–H and O–H groups in total. The number of hydrogen-bond acceptors (Lipinski definition) is 6. The lowest BCUT2D eigenvalue weighted by molar-refractivity contribution is 0.00762. The summed E-state index contributed by atoms with van der Waals surface area (Å²) in [6, 6.07) is 19.3. The van der Waals surface area contributed by atoms with Crippen molar-refractivity contribution in [1.29, 1.82) is 5.26 Å². The lowest BCUT2D eigenvalue weighted by Crippen LogP contribution is -2.49. The zero-order valence-electron chi connectivity index (χ0n) is 20.3. The minimum absolute atomic E-state index is 0.166. The van der Waals surface area contributed by atoms with Gasteiger partial charge in [0.05, 0.1) is 31.5 Å². The minimum atomic E-state index is -4.08. The predicted molar refractivity (Wildman–Crippen MR) is 133 cm³/mol. The first-order valence-corrected chi connectivity index (χ1v) is 13.2. The van der Waals surface area contributed by atoms with Crippen LogP contribution in [0.15, 0.2) is 71.6 Å². The van der Waals surface area contributed by atoms with Crippen molar-refractivity contribution in [3.05, 3.63) is 95.1 Å². The molecule has 1 fully saturated rings. The fourth-order valence-electron chi connectivity index (χ4n) is 4.18. The van der Waals surface area contributed by atoms with Crippen molar-refractivity contribution in [3.63, 3.8) is 0 Å². The molecule has 4 rings (SSSR count). The summed E-state index contributed by atoms with van der Waals surface area (Å²) in [4.78, 5) is 1.57. The number of benzene rings is 3. The summed E-state index contributed by atoms with van der Waals surface area (Å²) in [5.41, 5.74) is 2.40. The quantitative estimate of drug-likeness (QED) is 0.417. The summed E-state index contributed by atoms with van der Waals surface area (Å²) in [6.45, 7) is 2.00. The molecule has 0 radical (unpaired) electrons. The molecule has 3 aromatic carbocycles. The van der Waals surface area contributed by atoms with Crippen LogP contribution in [-0.2, 0) is 21.4 Å². The van der Waals surface area contributed by atoms with Crippen molar-refractivity contribution in [2.24, 2.45) is 0 Å². The summed E-state index contributed by atoms with van der Waals surface area (Å²) in [5.74, 6) is -1.23. The maximum absolute atomic E-state index is 14.2. The summed E-state index contributed by atoms with van der Waals surface area (Å²) >= 11 is 0. The average molecular weight is 528 g/mol. The third-order valence-electron chi connectivity index (χ3n) is 6.27. The third kappa shape index (κ3) is 6.50. The number of hydrogen-bond donors (Lipinski definition) is 0. The maximum atomic E-state index is 14.2. The molecule has 1 heterocycles. The van der Waals surface area contributed by atoms with E-state index in [2.05, 4.69) is 11.0 Å². The van der Waals surface area contributed by atoms with E-state index in [4.69, 9.17) is 14.7 Å². The van der Waals surface area contributed by atoms with E-state index in [-0.39, 0.29) is 19.2 Å². The van der Waals surface area contributed by atoms with Crippen LogP contribution in [0.5, 0.6) is 5.75 Å². The Morgan fingerprint density at radius 2 is 1.73 bits per heavy atom. The molecule has 0 bridgehead atoms. The molecular formula is C27H27F2N3O4S. The fraction of sp³-hybridized carbons (Fsp3) is 0.296. The summed E-state index contributed by atoms with van der Waals surface area (Å²) in [5, 5.41) is 9.01. The highest BCUT2D eigenvalue weighted by molar-refractivity contribution is 7.89. The first kappa shape index (κ1) is 26.7. The van der Waals surface area contributed by atoms with Crippen molar-refractivity contribution in [2.75, 3.05) is 39.8 Å². The third-order valence-corrected chi connectivity index (χ3v) is 8.20. The molecule has 0 amide bonds. The van der Waals surface area contributed by atoms with Crippen molar-refractivity contribution in [3.8, 4) is 11.8 Å². The van der Waals surface area contributed by atoms with Gasteiger partial charge >= 0.3 is 0 Å². The van der Waals surface area contributed by atoms with Crippen LogP contribution in [-0.4, -0.2) is 57.5 Å². The van der Waals surface area contributed by atoms with Crippen LogP contribution < -0.4 is 4.74 Å². The highest BCUT2D eigenvalue weighted by atomic mass is 32.2. The van der Waals surface area contributed by atoms with Gasteiger partial charge in [-0.2, -0.15) is 9.57 Å². The van der Waals surface area contributed by atoms with Crippen molar-refractivity contribution in [1.82, 2.24) is 9.21 Å². The second-order valence-corrected chi connectivity index (χ2v) is 10.6. The van der Waals surface area contributed by atoms with Crippen LogP contribution in [0, 0.1) is 23.0 Å². The predicted octanol–water partition coefficient (Wildman–Crippen LogP) is 4.11. The molecule has 3 aromatic rings. The van der Waals surface area contributed by atoms with Crippen molar-refractivity contribution >= 4 is 10.0 Å². The average Bonchev–Trinajstić information content (AvgIpc) is 2.91. The van der Waals surface area contributed by atoms with E-state index in [1.165, 1.54) is 4.31 Å². The van der Waals surface area contributed by atoms with Gasteiger partial charge in [-0.3, -0.25) is 4.90 Å². The van der Waals surface area contributed by atoms with Crippen molar-refractivity contribution < 1.29 is 26.7 Å². The normalized spacial score (nSPS) is 15.7. The molecule has 1 aliphatic heterocycles. The van der Waals surface area contributed by atoms with E-state index in [1.54, 1.807) is 19.2 Å². The zero-order valence-corrected chi connectivity index (χ0v) is 21.1. The number of sulfonamides is 1. The van der Waals surface area contributed by atoms with E-state index in [1.807, 2.05) is 36.4 Å². The number of rotatable bonds is 9. The molecule has 1 aliphatic rings. The van der Waals surface area contributed by atoms with Crippen LogP contribution in [0.2, 0.25) is 0 Å². The molecule has 7 nitrogen and oxygen atoms in total. The van der Waals surface area contributed by atoms with Gasteiger partial charge in [0.15, 0.2) is 0 Å². The van der Waals surface area contributed by atoms with E-state index in [0.717, 1.165) is 23.3 Å². The van der Waals surface area contributed by atoms with Gasteiger partial charge in [-0.25, -0.2) is 17.2 Å².